The Bertz CT molecular complexity index is 506. The lowest BCUT2D eigenvalue weighted by Crippen LogP contribution is -2.39. The van der Waals surface area contributed by atoms with E-state index in [1.807, 2.05) is 0 Å². The monoisotopic (exact) mass is 443 g/mol. The van der Waals surface area contributed by atoms with Gasteiger partial charge in [0.2, 0.25) is 0 Å². The molecule has 0 bridgehead atoms. The van der Waals surface area contributed by atoms with E-state index in [0.717, 1.165) is 32.1 Å². The summed E-state index contributed by atoms with van der Waals surface area (Å²) in [4.78, 5) is 33.9. The number of carboxylic acids is 1. The van der Waals surface area contributed by atoms with E-state index in [1.54, 1.807) is 0 Å². The number of rotatable bonds is 19. The van der Waals surface area contributed by atoms with Crippen LogP contribution < -0.4 is 11.3 Å². The summed E-state index contributed by atoms with van der Waals surface area (Å²) in [6.45, 7) is 4.79. The second-order valence-electron chi connectivity index (χ2n) is 7.86. The van der Waals surface area contributed by atoms with Crippen molar-refractivity contribution in [1.29, 1.82) is 0 Å². The Kier molecular flexibility index (Phi) is 21.6. The summed E-state index contributed by atoms with van der Waals surface area (Å²) in [5.74, 6) is -2.85. The van der Waals surface area contributed by atoms with Crippen molar-refractivity contribution in [2.45, 2.75) is 123 Å². The minimum Gasteiger partial charge on any atom is -0.546 e. The van der Waals surface area contributed by atoms with Crippen LogP contribution in [0.1, 0.15) is 111 Å². The fourth-order valence-electron chi connectivity index (χ4n) is 2.96. The first-order valence-electron chi connectivity index (χ1n) is 11.6. The van der Waals surface area contributed by atoms with Gasteiger partial charge in [-0.3, -0.25) is 4.79 Å². The molecule has 0 aliphatic rings. The third-order valence-electron chi connectivity index (χ3n) is 4.91. The quantitative estimate of drug-likeness (QED) is 0.170. The minimum absolute atomic E-state index is 0. The van der Waals surface area contributed by atoms with Crippen molar-refractivity contribution in [3.8, 4) is 0 Å². The predicted molar refractivity (Wildman–Crippen MR) is 122 cm³/mol. The molecule has 0 radical (unpaired) electrons. The van der Waals surface area contributed by atoms with Crippen LogP contribution in [0.25, 0.3) is 0 Å². The van der Waals surface area contributed by atoms with Gasteiger partial charge in [-0.1, -0.05) is 70.4 Å². The maximum atomic E-state index is 11.7. The minimum atomic E-state index is -1.49. The SMILES string of the molecule is CCCCCCCC/C=C\CCCCCCCC(=O)OC(C)C(=O)OC(C)C(=O)[O-].[NH4+]. The molecule has 2 atom stereocenters. The number of aliphatic carboxylic acids is 1. The molecular formula is C24H45NO6. The predicted octanol–water partition coefficient (Wildman–Crippen LogP) is 5.01. The molecule has 0 saturated heterocycles. The molecule has 7 nitrogen and oxygen atoms in total. The Morgan fingerprint density at radius 3 is 1.74 bits per heavy atom. The van der Waals surface area contributed by atoms with Crippen LogP contribution in [0.15, 0.2) is 12.2 Å². The Hall–Kier alpha value is -1.89. The van der Waals surface area contributed by atoms with E-state index in [-0.39, 0.29) is 12.6 Å². The molecule has 0 aromatic rings. The fraction of sp³-hybridized carbons (Fsp3) is 0.792. The van der Waals surface area contributed by atoms with E-state index in [0.29, 0.717) is 6.42 Å². The van der Waals surface area contributed by atoms with Crippen molar-refractivity contribution in [3.63, 3.8) is 0 Å². The van der Waals surface area contributed by atoms with Crippen molar-refractivity contribution in [1.82, 2.24) is 6.15 Å². The first-order chi connectivity index (χ1) is 14.4. The lowest BCUT2D eigenvalue weighted by atomic mass is 10.1. The number of carbonyl (C=O) groups is 3. The average Bonchev–Trinajstić information content (AvgIpc) is 2.70. The topological polar surface area (TPSA) is 129 Å². The van der Waals surface area contributed by atoms with Gasteiger partial charge in [0.05, 0.1) is 5.97 Å². The number of hydrogen-bond acceptors (Lipinski definition) is 6. The zero-order valence-electron chi connectivity index (χ0n) is 20.2. The van der Waals surface area contributed by atoms with Gasteiger partial charge in [0.25, 0.3) is 0 Å². The molecular weight excluding hydrogens is 398 g/mol. The first kappa shape index (κ1) is 31.3. The number of ether oxygens (including phenoxy) is 2. The van der Waals surface area contributed by atoms with E-state index < -0.39 is 30.1 Å². The Morgan fingerprint density at radius 1 is 0.742 bits per heavy atom. The molecule has 2 unspecified atom stereocenters. The standard InChI is InChI=1S/C24H42O6.H3N/c1-4-5-6-7-8-9-10-11-12-13-14-15-16-17-18-19-22(25)29-21(3)24(28)30-20(2)23(26)27;/h11-12,20-21H,4-10,13-19H2,1-3H3,(H,26,27);1H3/b12-11-;. The van der Waals surface area contributed by atoms with Crippen LogP contribution in [0.3, 0.4) is 0 Å². The summed E-state index contributed by atoms with van der Waals surface area (Å²) in [5, 5.41) is 10.5. The number of esters is 2. The highest BCUT2D eigenvalue weighted by Gasteiger charge is 2.21. The number of carbonyl (C=O) groups excluding carboxylic acids is 3. The van der Waals surface area contributed by atoms with Crippen molar-refractivity contribution in [2.75, 3.05) is 0 Å². The number of allylic oxidation sites excluding steroid dienone is 2. The molecule has 4 N–H and O–H groups in total. The van der Waals surface area contributed by atoms with Crippen LogP contribution in [-0.2, 0) is 23.9 Å². The van der Waals surface area contributed by atoms with Crippen LogP contribution in [0, 0.1) is 0 Å². The third kappa shape index (κ3) is 19.8. The highest BCUT2D eigenvalue weighted by molar-refractivity contribution is 5.81. The molecule has 0 aromatic carbocycles. The summed E-state index contributed by atoms with van der Waals surface area (Å²) in [7, 11) is 0. The van der Waals surface area contributed by atoms with E-state index in [2.05, 4.69) is 23.8 Å². The second-order valence-corrected chi connectivity index (χ2v) is 7.86. The Labute approximate surface area is 188 Å². The summed E-state index contributed by atoms with van der Waals surface area (Å²) in [5.41, 5.74) is 0. The van der Waals surface area contributed by atoms with Crippen LogP contribution in [-0.4, -0.2) is 30.1 Å². The summed E-state index contributed by atoms with van der Waals surface area (Å²) in [6, 6.07) is 0. The van der Waals surface area contributed by atoms with Gasteiger partial charge in [-0.2, -0.15) is 0 Å². The molecule has 0 heterocycles. The zero-order valence-corrected chi connectivity index (χ0v) is 20.2. The normalized spacial score (nSPS) is 12.7. The lowest BCUT2D eigenvalue weighted by Gasteiger charge is -2.17. The number of unbranched alkanes of at least 4 members (excludes halogenated alkanes) is 11. The van der Waals surface area contributed by atoms with Gasteiger partial charge in [-0.25, -0.2) is 4.79 Å². The number of hydrogen-bond donors (Lipinski definition) is 1. The second kappa shape index (κ2) is 21.3. The molecule has 0 aliphatic carbocycles. The smallest absolute Gasteiger partial charge is 0.347 e. The van der Waals surface area contributed by atoms with Gasteiger partial charge >= 0.3 is 11.9 Å². The van der Waals surface area contributed by atoms with Crippen molar-refractivity contribution in [3.05, 3.63) is 12.2 Å². The van der Waals surface area contributed by atoms with E-state index in [9.17, 15) is 19.5 Å². The van der Waals surface area contributed by atoms with Gasteiger partial charge < -0.3 is 25.5 Å². The summed E-state index contributed by atoms with van der Waals surface area (Å²) in [6.07, 6.45) is 17.7. The first-order valence-corrected chi connectivity index (χ1v) is 11.6. The molecule has 31 heavy (non-hydrogen) atoms. The van der Waals surface area contributed by atoms with Crippen molar-refractivity contribution >= 4 is 17.9 Å². The Morgan fingerprint density at radius 2 is 1.23 bits per heavy atom. The van der Waals surface area contributed by atoms with Gasteiger partial charge in [0.15, 0.2) is 6.10 Å². The van der Waals surface area contributed by atoms with E-state index in [1.165, 1.54) is 58.8 Å². The van der Waals surface area contributed by atoms with Crippen molar-refractivity contribution in [2.24, 2.45) is 0 Å². The van der Waals surface area contributed by atoms with E-state index in [4.69, 9.17) is 4.74 Å². The number of quaternary nitrogens is 1. The molecule has 0 aliphatic heterocycles. The molecule has 0 amide bonds. The molecule has 0 saturated carbocycles. The van der Waals surface area contributed by atoms with Crippen molar-refractivity contribution < 1.29 is 29.0 Å². The van der Waals surface area contributed by atoms with E-state index >= 15 is 0 Å². The molecule has 0 rings (SSSR count). The Balaban J connectivity index is 0. The molecule has 0 fully saturated rings. The zero-order chi connectivity index (χ0) is 22.6. The van der Waals surface area contributed by atoms with Gasteiger partial charge in [0.1, 0.15) is 6.10 Å². The molecule has 7 heteroatoms. The highest BCUT2D eigenvalue weighted by Crippen LogP contribution is 2.11. The van der Waals surface area contributed by atoms with Gasteiger partial charge in [0, 0.05) is 6.42 Å². The maximum Gasteiger partial charge on any atom is 0.347 e. The summed E-state index contributed by atoms with van der Waals surface area (Å²) < 4.78 is 9.60. The van der Waals surface area contributed by atoms with Crippen LogP contribution in [0.2, 0.25) is 0 Å². The highest BCUT2D eigenvalue weighted by atomic mass is 16.6. The largest absolute Gasteiger partial charge is 0.546 e. The van der Waals surface area contributed by atoms with Crippen LogP contribution in [0.5, 0.6) is 0 Å². The molecule has 0 aromatic heterocycles. The summed E-state index contributed by atoms with van der Waals surface area (Å²) >= 11 is 0. The maximum absolute atomic E-state index is 11.7. The fourth-order valence-corrected chi connectivity index (χ4v) is 2.96. The van der Waals surface area contributed by atoms with Crippen LogP contribution in [0.4, 0.5) is 0 Å². The number of carboxylic acid groups (broad SMARTS) is 1. The van der Waals surface area contributed by atoms with Gasteiger partial charge in [-0.05, 0) is 46.0 Å². The lowest BCUT2D eigenvalue weighted by molar-refractivity contribution is -0.315. The van der Waals surface area contributed by atoms with Gasteiger partial charge in [-0.15, -0.1) is 0 Å². The third-order valence-corrected chi connectivity index (χ3v) is 4.91. The molecule has 0 spiro atoms. The van der Waals surface area contributed by atoms with Crippen LogP contribution >= 0.6 is 0 Å². The average molecular weight is 444 g/mol. The molecule has 182 valence electrons.